The topological polar surface area (TPSA) is 18.8 Å². The van der Waals surface area contributed by atoms with E-state index in [2.05, 4.69) is 17.0 Å². The highest BCUT2D eigenvalue weighted by Crippen LogP contribution is 2.02. The average molecular weight is 221 g/mol. The van der Waals surface area contributed by atoms with Crippen molar-refractivity contribution in [2.24, 2.45) is 5.10 Å². The molecule has 0 spiro atoms. The lowest BCUT2D eigenvalue weighted by atomic mass is 10.2. The average Bonchev–Trinajstić information content (AvgIpc) is 2.30. The Morgan fingerprint density at radius 2 is 1.75 bits per heavy atom. The molecule has 1 aromatic rings. The molecule has 1 aromatic carbocycles. The van der Waals surface area contributed by atoms with Gasteiger partial charge in [0, 0.05) is 26.2 Å². The van der Waals surface area contributed by atoms with Crippen LogP contribution in [0.3, 0.4) is 0 Å². The SMILES string of the molecule is CN1CCN(N=Cc2ccc(F)cc2)CC1. The third kappa shape index (κ3) is 3.03. The van der Waals surface area contributed by atoms with Gasteiger partial charge in [0.05, 0.1) is 6.21 Å². The fraction of sp³-hybridized carbons (Fsp3) is 0.417. The molecular weight excluding hydrogens is 205 g/mol. The third-order valence-corrected chi connectivity index (χ3v) is 2.72. The van der Waals surface area contributed by atoms with Gasteiger partial charge in [-0.1, -0.05) is 12.1 Å². The lowest BCUT2D eigenvalue weighted by Gasteiger charge is -2.30. The van der Waals surface area contributed by atoms with E-state index in [4.69, 9.17) is 0 Å². The Bertz CT molecular complexity index is 353. The van der Waals surface area contributed by atoms with E-state index in [1.807, 2.05) is 5.01 Å². The third-order valence-electron chi connectivity index (χ3n) is 2.72. The van der Waals surface area contributed by atoms with Crippen LogP contribution in [-0.4, -0.2) is 49.4 Å². The molecule has 0 bridgehead atoms. The van der Waals surface area contributed by atoms with Crippen molar-refractivity contribution >= 4 is 6.21 Å². The van der Waals surface area contributed by atoms with Gasteiger partial charge in [-0.25, -0.2) is 4.39 Å². The molecule has 1 heterocycles. The Hall–Kier alpha value is -1.42. The van der Waals surface area contributed by atoms with Gasteiger partial charge in [0.2, 0.25) is 0 Å². The summed E-state index contributed by atoms with van der Waals surface area (Å²) in [5.41, 5.74) is 0.931. The minimum atomic E-state index is -0.211. The van der Waals surface area contributed by atoms with Crippen molar-refractivity contribution in [3.63, 3.8) is 0 Å². The van der Waals surface area contributed by atoms with Crippen LogP contribution in [0.4, 0.5) is 4.39 Å². The number of hydrazone groups is 1. The first-order chi connectivity index (χ1) is 7.74. The number of hydrogen-bond acceptors (Lipinski definition) is 3. The molecule has 1 fully saturated rings. The molecule has 1 saturated heterocycles. The maximum Gasteiger partial charge on any atom is 0.123 e. The van der Waals surface area contributed by atoms with Gasteiger partial charge >= 0.3 is 0 Å². The van der Waals surface area contributed by atoms with E-state index in [0.29, 0.717) is 0 Å². The molecule has 0 amide bonds. The van der Waals surface area contributed by atoms with Gasteiger partial charge in [-0.3, -0.25) is 5.01 Å². The first kappa shape index (κ1) is 11.1. The molecule has 0 saturated carbocycles. The van der Waals surface area contributed by atoms with Gasteiger partial charge in [0.25, 0.3) is 0 Å². The molecule has 0 N–H and O–H groups in total. The Kier molecular flexibility index (Phi) is 3.51. The van der Waals surface area contributed by atoms with Crippen LogP contribution in [-0.2, 0) is 0 Å². The molecule has 4 heteroatoms. The first-order valence-electron chi connectivity index (χ1n) is 5.47. The Morgan fingerprint density at radius 3 is 2.38 bits per heavy atom. The van der Waals surface area contributed by atoms with E-state index in [-0.39, 0.29) is 5.82 Å². The number of nitrogens with zero attached hydrogens (tertiary/aromatic N) is 3. The summed E-state index contributed by atoms with van der Waals surface area (Å²) >= 11 is 0. The monoisotopic (exact) mass is 221 g/mol. The van der Waals surface area contributed by atoms with Crippen LogP contribution in [0.15, 0.2) is 29.4 Å². The minimum Gasteiger partial charge on any atom is -0.303 e. The summed E-state index contributed by atoms with van der Waals surface area (Å²) in [6, 6.07) is 6.36. The second kappa shape index (κ2) is 5.07. The fourth-order valence-corrected chi connectivity index (χ4v) is 1.61. The molecule has 86 valence electrons. The summed E-state index contributed by atoms with van der Waals surface area (Å²) in [4.78, 5) is 2.28. The molecule has 0 aliphatic carbocycles. The van der Waals surface area contributed by atoms with E-state index < -0.39 is 0 Å². The highest BCUT2D eigenvalue weighted by molar-refractivity contribution is 5.79. The number of piperazine rings is 1. The molecule has 1 aliphatic rings. The number of halogens is 1. The summed E-state index contributed by atoms with van der Waals surface area (Å²) in [5.74, 6) is -0.211. The summed E-state index contributed by atoms with van der Waals surface area (Å²) in [5, 5.41) is 6.42. The second-order valence-corrected chi connectivity index (χ2v) is 4.05. The zero-order valence-corrected chi connectivity index (χ0v) is 9.43. The first-order valence-corrected chi connectivity index (χ1v) is 5.47. The Balaban J connectivity index is 1.91. The van der Waals surface area contributed by atoms with Gasteiger partial charge in [0.1, 0.15) is 5.82 Å². The predicted octanol–water partition coefficient (Wildman–Crippen LogP) is 1.41. The second-order valence-electron chi connectivity index (χ2n) is 4.05. The maximum absolute atomic E-state index is 12.7. The van der Waals surface area contributed by atoms with Gasteiger partial charge in [-0.2, -0.15) is 5.10 Å². The van der Waals surface area contributed by atoms with Crippen LogP contribution >= 0.6 is 0 Å². The summed E-state index contributed by atoms with van der Waals surface area (Å²) in [6.07, 6.45) is 1.78. The lowest BCUT2D eigenvalue weighted by molar-refractivity contribution is 0.159. The Morgan fingerprint density at radius 1 is 1.12 bits per heavy atom. The van der Waals surface area contributed by atoms with Crippen molar-refractivity contribution in [3.05, 3.63) is 35.6 Å². The van der Waals surface area contributed by atoms with Crippen molar-refractivity contribution in [2.45, 2.75) is 0 Å². The highest BCUT2D eigenvalue weighted by atomic mass is 19.1. The Labute approximate surface area is 95.2 Å². The standard InChI is InChI=1S/C12H16FN3/c1-15-6-8-16(9-7-15)14-10-11-2-4-12(13)5-3-11/h2-5,10H,6-9H2,1H3. The molecule has 0 atom stereocenters. The molecular formula is C12H16FN3. The van der Waals surface area contributed by atoms with E-state index in [1.54, 1.807) is 18.3 Å². The highest BCUT2D eigenvalue weighted by Gasteiger charge is 2.10. The predicted molar refractivity (Wildman–Crippen MR) is 63.1 cm³/mol. The van der Waals surface area contributed by atoms with Gasteiger partial charge < -0.3 is 4.90 Å². The number of benzene rings is 1. The summed E-state index contributed by atoms with van der Waals surface area (Å²) < 4.78 is 12.7. The van der Waals surface area contributed by atoms with Gasteiger partial charge in [-0.05, 0) is 24.7 Å². The lowest BCUT2D eigenvalue weighted by Crippen LogP contribution is -2.41. The number of rotatable bonds is 2. The molecule has 0 aromatic heterocycles. The van der Waals surface area contributed by atoms with E-state index >= 15 is 0 Å². The molecule has 0 unspecified atom stereocenters. The molecule has 3 nitrogen and oxygen atoms in total. The van der Waals surface area contributed by atoms with Crippen LogP contribution < -0.4 is 0 Å². The van der Waals surface area contributed by atoms with Crippen LogP contribution in [0, 0.1) is 5.82 Å². The van der Waals surface area contributed by atoms with Crippen LogP contribution in [0.2, 0.25) is 0 Å². The van der Waals surface area contributed by atoms with E-state index in [9.17, 15) is 4.39 Å². The zero-order valence-electron chi connectivity index (χ0n) is 9.43. The van der Waals surface area contributed by atoms with E-state index in [0.717, 1.165) is 31.7 Å². The van der Waals surface area contributed by atoms with Crippen molar-refractivity contribution in [2.75, 3.05) is 33.2 Å². The fourth-order valence-electron chi connectivity index (χ4n) is 1.61. The smallest absolute Gasteiger partial charge is 0.123 e. The molecule has 2 rings (SSSR count). The van der Waals surface area contributed by atoms with Gasteiger partial charge in [0.15, 0.2) is 0 Å². The number of hydrogen-bond donors (Lipinski definition) is 0. The van der Waals surface area contributed by atoms with Crippen molar-refractivity contribution in [1.29, 1.82) is 0 Å². The van der Waals surface area contributed by atoms with E-state index in [1.165, 1.54) is 12.1 Å². The summed E-state index contributed by atoms with van der Waals surface area (Å²) in [6.45, 7) is 3.99. The van der Waals surface area contributed by atoms with Crippen molar-refractivity contribution in [1.82, 2.24) is 9.91 Å². The van der Waals surface area contributed by atoms with Crippen molar-refractivity contribution < 1.29 is 4.39 Å². The van der Waals surface area contributed by atoms with Crippen LogP contribution in [0.25, 0.3) is 0 Å². The zero-order chi connectivity index (χ0) is 11.4. The maximum atomic E-state index is 12.7. The van der Waals surface area contributed by atoms with Gasteiger partial charge in [-0.15, -0.1) is 0 Å². The molecule has 16 heavy (non-hydrogen) atoms. The molecule has 1 aliphatic heterocycles. The molecule has 0 radical (unpaired) electrons. The minimum absolute atomic E-state index is 0.211. The normalized spacial score (nSPS) is 18.2. The quantitative estimate of drug-likeness (QED) is 0.703. The summed E-state index contributed by atoms with van der Waals surface area (Å²) in [7, 11) is 2.11. The largest absolute Gasteiger partial charge is 0.303 e. The van der Waals surface area contributed by atoms with Crippen LogP contribution in [0.5, 0.6) is 0 Å². The van der Waals surface area contributed by atoms with Crippen molar-refractivity contribution in [3.8, 4) is 0 Å². The van der Waals surface area contributed by atoms with Crippen LogP contribution in [0.1, 0.15) is 5.56 Å². The number of likely N-dealkylation sites (N-methyl/N-ethyl adjacent to an activating group) is 1.